The average Bonchev–Trinajstić information content (AvgIpc) is 3.05. The van der Waals surface area contributed by atoms with Gasteiger partial charge in [-0.1, -0.05) is 0 Å². The second kappa shape index (κ2) is 6.77. The molecule has 2 rings (SSSR count). The van der Waals surface area contributed by atoms with Gasteiger partial charge in [-0.15, -0.1) is 22.7 Å². The summed E-state index contributed by atoms with van der Waals surface area (Å²) in [5, 5.41) is 15.2. The van der Waals surface area contributed by atoms with Crippen LogP contribution in [0.3, 0.4) is 0 Å². The number of carbonyl (C=O) groups excluding carboxylic acids is 1. The lowest BCUT2D eigenvalue weighted by Crippen LogP contribution is -2.26. The molecule has 0 saturated carbocycles. The van der Waals surface area contributed by atoms with E-state index in [1.807, 2.05) is 5.38 Å². The zero-order valence-corrected chi connectivity index (χ0v) is 13.3. The monoisotopic (exact) mass is 325 g/mol. The first-order chi connectivity index (χ1) is 9.97. The van der Waals surface area contributed by atoms with Crippen LogP contribution in [0.15, 0.2) is 11.6 Å². The number of nitrogens with one attached hydrogen (secondary N) is 1. The molecule has 1 unspecified atom stereocenters. The van der Waals surface area contributed by atoms with Crippen LogP contribution in [0.2, 0.25) is 0 Å². The van der Waals surface area contributed by atoms with Crippen LogP contribution in [-0.4, -0.2) is 27.0 Å². The Balaban J connectivity index is 1.91. The van der Waals surface area contributed by atoms with Gasteiger partial charge in [-0.25, -0.2) is 14.8 Å². The Morgan fingerprint density at radius 1 is 1.48 bits per heavy atom. The molecule has 2 N–H and O–H groups in total. The molecule has 1 atom stereocenters. The third-order valence-electron chi connectivity index (χ3n) is 2.80. The van der Waals surface area contributed by atoms with Gasteiger partial charge in [0.2, 0.25) is 5.91 Å². The van der Waals surface area contributed by atoms with E-state index >= 15 is 0 Å². The number of aromatic carboxylic acids is 1. The first-order valence-electron chi connectivity index (χ1n) is 6.35. The van der Waals surface area contributed by atoms with Crippen LogP contribution in [-0.2, 0) is 11.2 Å². The first-order valence-corrected chi connectivity index (χ1v) is 8.05. The van der Waals surface area contributed by atoms with E-state index in [-0.39, 0.29) is 16.8 Å². The maximum atomic E-state index is 11.9. The Morgan fingerprint density at radius 3 is 2.81 bits per heavy atom. The zero-order chi connectivity index (χ0) is 15.4. The van der Waals surface area contributed by atoms with Crippen molar-refractivity contribution in [2.24, 2.45) is 0 Å². The van der Waals surface area contributed by atoms with E-state index in [1.54, 1.807) is 20.0 Å². The Labute approximate surface area is 129 Å². The third kappa shape index (κ3) is 4.08. The Bertz CT molecular complexity index is 637. The molecular formula is C13H15N3O3S2. The van der Waals surface area contributed by atoms with Crippen molar-refractivity contribution in [2.75, 3.05) is 0 Å². The number of nitrogens with zero attached hydrogens (tertiary/aromatic N) is 2. The summed E-state index contributed by atoms with van der Waals surface area (Å²) in [6.07, 6.45) is 2.67. The van der Waals surface area contributed by atoms with Crippen LogP contribution in [0.25, 0.3) is 0 Å². The number of amides is 1. The highest BCUT2D eigenvalue weighted by molar-refractivity contribution is 7.13. The molecule has 21 heavy (non-hydrogen) atoms. The molecule has 2 aromatic heterocycles. The summed E-state index contributed by atoms with van der Waals surface area (Å²) >= 11 is 2.62. The van der Waals surface area contributed by atoms with E-state index in [9.17, 15) is 9.59 Å². The maximum Gasteiger partial charge on any atom is 0.347 e. The molecule has 2 heterocycles. The number of rotatable bonds is 6. The summed E-state index contributed by atoms with van der Waals surface area (Å²) < 4.78 is 0. The van der Waals surface area contributed by atoms with Crippen molar-refractivity contribution >= 4 is 34.6 Å². The lowest BCUT2D eigenvalue weighted by molar-refractivity contribution is -0.121. The molecule has 0 radical (unpaired) electrons. The first kappa shape index (κ1) is 15.6. The van der Waals surface area contributed by atoms with Gasteiger partial charge in [0, 0.05) is 24.4 Å². The van der Waals surface area contributed by atoms with E-state index in [1.165, 1.54) is 11.3 Å². The summed E-state index contributed by atoms with van der Waals surface area (Å²) in [6, 6.07) is -0.300. The quantitative estimate of drug-likeness (QED) is 0.851. The van der Waals surface area contributed by atoms with E-state index in [0.29, 0.717) is 23.5 Å². The van der Waals surface area contributed by atoms with E-state index in [4.69, 9.17) is 5.11 Å². The minimum atomic E-state index is -0.987. The second-order valence-corrected chi connectivity index (χ2v) is 6.50. The smallest absolute Gasteiger partial charge is 0.347 e. The van der Waals surface area contributed by atoms with Crippen molar-refractivity contribution in [3.05, 3.63) is 32.2 Å². The molecular weight excluding hydrogens is 310 g/mol. The average molecular weight is 325 g/mol. The van der Waals surface area contributed by atoms with Gasteiger partial charge in [0.05, 0.1) is 16.7 Å². The molecule has 6 nitrogen and oxygen atoms in total. The standard InChI is InChI=1S/C13H15N3O3S2/c1-7-11(13(18)19)21-12(16-7)8(2)15-9(17)3-4-10-14-5-6-20-10/h5-6,8H,3-4H2,1-2H3,(H,15,17)(H,18,19). The van der Waals surface area contributed by atoms with Crippen molar-refractivity contribution in [3.8, 4) is 0 Å². The Kier molecular flexibility index (Phi) is 5.03. The Hall–Kier alpha value is -1.80. The number of hydrogen-bond acceptors (Lipinski definition) is 6. The van der Waals surface area contributed by atoms with Gasteiger partial charge >= 0.3 is 5.97 Å². The molecule has 1 amide bonds. The number of aryl methyl sites for hydroxylation is 2. The molecule has 0 aliphatic rings. The SMILES string of the molecule is Cc1nc(C(C)NC(=O)CCc2nccs2)sc1C(=O)O. The molecule has 0 aromatic carbocycles. The fraction of sp³-hybridized carbons (Fsp3) is 0.385. The van der Waals surface area contributed by atoms with Crippen LogP contribution in [0, 0.1) is 6.92 Å². The van der Waals surface area contributed by atoms with Gasteiger partial charge in [-0.2, -0.15) is 0 Å². The third-order valence-corrected chi connectivity index (χ3v) is 4.97. The van der Waals surface area contributed by atoms with Gasteiger partial charge in [0.25, 0.3) is 0 Å². The van der Waals surface area contributed by atoms with Crippen molar-refractivity contribution in [1.82, 2.24) is 15.3 Å². The summed E-state index contributed by atoms with van der Waals surface area (Å²) in [5.74, 6) is -1.08. The minimum Gasteiger partial charge on any atom is -0.477 e. The van der Waals surface area contributed by atoms with Gasteiger partial charge in [0.15, 0.2) is 0 Å². The number of aromatic nitrogens is 2. The van der Waals surface area contributed by atoms with Crippen LogP contribution < -0.4 is 5.32 Å². The number of hydrogen-bond donors (Lipinski definition) is 2. The molecule has 0 aliphatic carbocycles. The Morgan fingerprint density at radius 2 is 2.24 bits per heavy atom. The summed E-state index contributed by atoms with van der Waals surface area (Å²) in [6.45, 7) is 3.45. The predicted octanol–water partition coefficient (Wildman–Crippen LogP) is 2.42. The highest BCUT2D eigenvalue weighted by Gasteiger charge is 2.19. The van der Waals surface area contributed by atoms with Gasteiger partial charge < -0.3 is 10.4 Å². The van der Waals surface area contributed by atoms with E-state index < -0.39 is 5.97 Å². The molecule has 8 heteroatoms. The van der Waals surface area contributed by atoms with Crippen molar-refractivity contribution < 1.29 is 14.7 Å². The number of carboxylic acid groups (broad SMARTS) is 1. The van der Waals surface area contributed by atoms with Crippen LogP contribution in [0.5, 0.6) is 0 Å². The van der Waals surface area contributed by atoms with Crippen molar-refractivity contribution in [2.45, 2.75) is 32.7 Å². The van der Waals surface area contributed by atoms with Gasteiger partial charge in [-0.3, -0.25) is 4.79 Å². The van der Waals surface area contributed by atoms with E-state index in [0.717, 1.165) is 16.3 Å². The van der Waals surface area contributed by atoms with Crippen LogP contribution >= 0.6 is 22.7 Å². The molecule has 0 spiro atoms. The van der Waals surface area contributed by atoms with Crippen molar-refractivity contribution in [1.29, 1.82) is 0 Å². The lowest BCUT2D eigenvalue weighted by Gasteiger charge is -2.10. The van der Waals surface area contributed by atoms with E-state index in [2.05, 4.69) is 15.3 Å². The normalized spacial score (nSPS) is 12.1. The number of thiazole rings is 2. The summed E-state index contributed by atoms with van der Waals surface area (Å²) in [7, 11) is 0. The molecule has 0 bridgehead atoms. The molecule has 0 fully saturated rings. The number of carbonyl (C=O) groups is 2. The number of carboxylic acids is 1. The van der Waals surface area contributed by atoms with Gasteiger partial charge in [-0.05, 0) is 13.8 Å². The molecule has 112 valence electrons. The highest BCUT2D eigenvalue weighted by atomic mass is 32.1. The largest absolute Gasteiger partial charge is 0.477 e. The lowest BCUT2D eigenvalue weighted by atomic mass is 10.2. The fourth-order valence-corrected chi connectivity index (χ4v) is 3.30. The molecule has 0 aliphatic heterocycles. The summed E-state index contributed by atoms with van der Waals surface area (Å²) in [4.78, 5) is 31.4. The topological polar surface area (TPSA) is 92.2 Å². The highest BCUT2D eigenvalue weighted by Crippen LogP contribution is 2.23. The maximum absolute atomic E-state index is 11.9. The van der Waals surface area contributed by atoms with Crippen LogP contribution in [0.4, 0.5) is 0 Å². The fourth-order valence-electron chi connectivity index (χ4n) is 1.77. The zero-order valence-electron chi connectivity index (χ0n) is 11.6. The minimum absolute atomic E-state index is 0.0950. The van der Waals surface area contributed by atoms with Gasteiger partial charge in [0.1, 0.15) is 9.88 Å². The second-order valence-electron chi connectivity index (χ2n) is 4.49. The summed E-state index contributed by atoms with van der Waals surface area (Å²) in [5.41, 5.74) is 0.478. The van der Waals surface area contributed by atoms with Crippen molar-refractivity contribution in [3.63, 3.8) is 0 Å². The predicted molar refractivity (Wildman–Crippen MR) is 80.8 cm³/mol. The van der Waals surface area contributed by atoms with Crippen LogP contribution in [0.1, 0.15) is 44.8 Å². The molecule has 0 saturated heterocycles. The molecule has 2 aromatic rings.